The van der Waals surface area contributed by atoms with Crippen LogP contribution >= 0.6 is 34.4 Å². The first-order valence-corrected chi connectivity index (χ1v) is 9.69. The molecular weight excluding hydrogens is 320 g/mol. The Morgan fingerprint density at radius 1 is 1.33 bits per heavy atom. The third-order valence-electron chi connectivity index (χ3n) is 3.73. The minimum atomic E-state index is 0.0353. The van der Waals surface area contributed by atoms with Crippen molar-refractivity contribution in [2.75, 3.05) is 0 Å². The summed E-state index contributed by atoms with van der Waals surface area (Å²) in [5.41, 5.74) is 1.29. The van der Waals surface area contributed by atoms with E-state index in [1.807, 2.05) is 6.07 Å². The van der Waals surface area contributed by atoms with Crippen LogP contribution in [0.1, 0.15) is 28.2 Å². The molecule has 1 aliphatic rings. The van der Waals surface area contributed by atoms with E-state index >= 15 is 0 Å². The number of nitrogens with one attached hydrogen (secondary N) is 1. The molecule has 3 nitrogen and oxygen atoms in total. The minimum Gasteiger partial charge on any atom is -0.301 e. The van der Waals surface area contributed by atoms with E-state index in [1.165, 1.54) is 28.2 Å². The van der Waals surface area contributed by atoms with Gasteiger partial charge in [0.25, 0.3) is 5.56 Å². The molecule has 0 bridgehead atoms. The third kappa shape index (κ3) is 2.56. The van der Waals surface area contributed by atoms with E-state index in [1.54, 1.807) is 34.4 Å². The van der Waals surface area contributed by atoms with E-state index in [0.29, 0.717) is 0 Å². The monoisotopic (exact) mass is 334 g/mol. The summed E-state index contributed by atoms with van der Waals surface area (Å²) in [6.07, 6.45) is 4.56. The zero-order valence-corrected chi connectivity index (χ0v) is 13.8. The smallest absolute Gasteiger partial charge is 0.260 e. The van der Waals surface area contributed by atoms with Gasteiger partial charge in [0.05, 0.1) is 5.39 Å². The Balaban J connectivity index is 1.70. The number of nitrogens with zero attached hydrogens (tertiary/aromatic N) is 1. The number of aryl methyl sites for hydroxylation is 2. The first kappa shape index (κ1) is 13.5. The Bertz CT molecular complexity index is 833. The van der Waals surface area contributed by atoms with Crippen LogP contribution in [-0.2, 0) is 18.6 Å². The molecule has 0 saturated carbocycles. The van der Waals surface area contributed by atoms with Crippen LogP contribution in [0.5, 0.6) is 0 Å². The largest absolute Gasteiger partial charge is 0.301 e. The first-order valence-electron chi connectivity index (χ1n) is 7.01. The van der Waals surface area contributed by atoms with Gasteiger partial charge in [0.15, 0.2) is 5.16 Å². The average molecular weight is 334 g/mol. The maximum Gasteiger partial charge on any atom is 0.260 e. The van der Waals surface area contributed by atoms with Gasteiger partial charge >= 0.3 is 0 Å². The van der Waals surface area contributed by atoms with Gasteiger partial charge in [0.2, 0.25) is 0 Å². The molecule has 6 heteroatoms. The van der Waals surface area contributed by atoms with Gasteiger partial charge in [-0.2, -0.15) is 0 Å². The van der Waals surface area contributed by atoms with Gasteiger partial charge in [0.1, 0.15) is 4.83 Å². The number of fused-ring (bicyclic) bond motifs is 3. The van der Waals surface area contributed by atoms with Gasteiger partial charge in [0, 0.05) is 15.5 Å². The fourth-order valence-corrected chi connectivity index (χ4v) is 5.70. The summed E-state index contributed by atoms with van der Waals surface area (Å²) in [6, 6.07) is 4.16. The molecule has 3 aromatic rings. The molecule has 0 saturated heterocycles. The predicted octanol–water partition coefficient (Wildman–Crippen LogP) is 4.22. The molecule has 0 aromatic carbocycles. The van der Waals surface area contributed by atoms with Gasteiger partial charge in [-0.3, -0.25) is 4.79 Å². The Morgan fingerprint density at radius 2 is 2.24 bits per heavy atom. The molecule has 108 valence electrons. The predicted molar refractivity (Wildman–Crippen MR) is 90.8 cm³/mol. The van der Waals surface area contributed by atoms with Crippen LogP contribution in [0.4, 0.5) is 0 Å². The molecular formula is C15H14N2OS3. The summed E-state index contributed by atoms with van der Waals surface area (Å²) in [7, 11) is 0. The van der Waals surface area contributed by atoms with E-state index in [-0.39, 0.29) is 5.56 Å². The van der Waals surface area contributed by atoms with Crippen molar-refractivity contribution in [1.29, 1.82) is 0 Å². The second kappa shape index (κ2) is 5.59. The SMILES string of the molecule is O=c1[nH]c(SCc2cccs2)nc2sc3c(c12)CCCC3. The molecule has 0 radical (unpaired) electrons. The molecule has 3 aromatic heterocycles. The average Bonchev–Trinajstić information content (AvgIpc) is 3.12. The molecule has 0 unspecified atom stereocenters. The number of hydrogen-bond acceptors (Lipinski definition) is 5. The molecule has 0 spiro atoms. The van der Waals surface area contributed by atoms with E-state index in [4.69, 9.17) is 0 Å². The summed E-state index contributed by atoms with van der Waals surface area (Å²) in [5, 5.41) is 3.65. The van der Waals surface area contributed by atoms with E-state index in [0.717, 1.165) is 34.0 Å². The van der Waals surface area contributed by atoms with Crippen molar-refractivity contribution in [2.45, 2.75) is 36.6 Å². The molecule has 0 aliphatic heterocycles. The number of rotatable bonds is 3. The molecule has 1 aliphatic carbocycles. The maximum atomic E-state index is 12.4. The van der Waals surface area contributed by atoms with E-state index < -0.39 is 0 Å². The first-order chi connectivity index (χ1) is 10.3. The van der Waals surface area contributed by atoms with Crippen molar-refractivity contribution >= 4 is 44.7 Å². The lowest BCUT2D eigenvalue weighted by Crippen LogP contribution is -2.10. The van der Waals surface area contributed by atoms with Crippen LogP contribution in [0.15, 0.2) is 27.5 Å². The van der Waals surface area contributed by atoms with Gasteiger partial charge in [-0.05, 0) is 42.7 Å². The minimum absolute atomic E-state index is 0.0353. The fraction of sp³-hybridized carbons (Fsp3) is 0.333. The number of hydrogen-bond donors (Lipinski definition) is 1. The zero-order chi connectivity index (χ0) is 14.2. The highest BCUT2D eigenvalue weighted by atomic mass is 32.2. The summed E-state index contributed by atoms with van der Waals surface area (Å²) in [5.74, 6) is 0.858. The molecule has 1 N–H and O–H groups in total. The number of aromatic amines is 1. The van der Waals surface area contributed by atoms with Crippen LogP contribution in [0, 0.1) is 0 Å². The Kier molecular flexibility index (Phi) is 3.61. The lowest BCUT2D eigenvalue weighted by molar-refractivity contribution is 0.700. The van der Waals surface area contributed by atoms with Crippen molar-refractivity contribution in [3.8, 4) is 0 Å². The quantitative estimate of drug-likeness (QED) is 0.576. The lowest BCUT2D eigenvalue weighted by atomic mass is 9.97. The van der Waals surface area contributed by atoms with Crippen molar-refractivity contribution < 1.29 is 0 Å². The van der Waals surface area contributed by atoms with E-state index in [9.17, 15) is 4.79 Å². The summed E-state index contributed by atoms with van der Waals surface area (Å²) in [4.78, 5) is 23.6. The molecule has 0 fully saturated rings. The highest BCUT2D eigenvalue weighted by Gasteiger charge is 2.19. The van der Waals surface area contributed by atoms with Crippen LogP contribution in [0.3, 0.4) is 0 Å². The molecule has 21 heavy (non-hydrogen) atoms. The van der Waals surface area contributed by atoms with Crippen LogP contribution in [0.2, 0.25) is 0 Å². The van der Waals surface area contributed by atoms with Crippen LogP contribution in [-0.4, -0.2) is 9.97 Å². The highest BCUT2D eigenvalue weighted by molar-refractivity contribution is 7.98. The molecule has 0 amide bonds. The van der Waals surface area contributed by atoms with Crippen molar-refractivity contribution in [2.24, 2.45) is 0 Å². The number of thiophene rings is 2. The van der Waals surface area contributed by atoms with Crippen molar-refractivity contribution in [1.82, 2.24) is 9.97 Å². The standard InChI is InChI=1S/C15H14N2OS3/c18-13-12-10-5-1-2-6-11(10)21-14(12)17-15(16-13)20-8-9-4-3-7-19-9/h3-4,7H,1-2,5-6,8H2,(H,16,17,18). The summed E-state index contributed by atoms with van der Waals surface area (Å²) < 4.78 is 0. The Hall–Kier alpha value is -1.11. The van der Waals surface area contributed by atoms with Gasteiger partial charge in [-0.15, -0.1) is 22.7 Å². The zero-order valence-electron chi connectivity index (χ0n) is 11.3. The molecule has 4 rings (SSSR count). The van der Waals surface area contributed by atoms with Crippen LogP contribution in [0.25, 0.3) is 10.2 Å². The van der Waals surface area contributed by atoms with Gasteiger partial charge in [-0.25, -0.2) is 4.98 Å². The van der Waals surface area contributed by atoms with Gasteiger partial charge < -0.3 is 4.98 Å². The number of H-pyrrole nitrogens is 1. The van der Waals surface area contributed by atoms with Crippen molar-refractivity contribution in [3.05, 3.63) is 43.2 Å². The molecule has 0 atom stereocenters. The third-order valence-corrected chi connectivity index (χ3v) is 6.90. The normalized spacial score (nSPS) is 14.5. The van der Waals surface area contributed by atoms with Gasteiger partial charge in [-0.1, -0.05) is 17.8 Å². The van der Waals surface area contributed by atoms with E-state index in [2.05, 4.69) is 21.4 Å². The fourth-order valence-electron chi connectivity index (χ4n) is 2.75. The molecule has 3 heterocycles. The summed E-state index contributed by atoms with van der Waals surface area (Å²) >= 11 is 5.05. The van der Waals surface area contributed by atoms with Crippen molar-refractivity contribution in [3.63, 3.8) is 0 Å². The lowest BCUT2D eigenvalue weighted by Gasteiger charge is -2.09. The topological polar surface area (TPSA) is 45.8 Å². The summed E-state index contributed by atoms with van der Waals surface area (Å²) in [6.45, 7) is 0. The Morgan fingerprint density at radius 3 is 3.10 bits per heavy atom. The number of thioether (sulfide) groups is 1. The number of aromatic nitrogens is 2. The Labute approximate surface area is 134 Å². The second-order valence-corrected chi connectivity index (χ2v) is 8.21. The second-order valence-electron chi connectivity index (χ2n) is 5.13. The highest BCUT2D eigenvalue weighted by Crippen LogP contribution is 2.34. The maximum absolute atomic E-state index is 12.4. The van der Waals surface area contributed by atoms with Crippen LogP contribution < -0.4 is 5.56 Å².